The molecule has 16 heavy (non-hydrogen) atoms. The molecule has 5 nitrogen and oxygen atoms in total. The van der Waals surface area contributed by atoms with Crippen molar-refractivity contribution in [3.8, 4) is 0 Å². The highest BCUT2D eigenvalue weighted by molar-refractivity contribution is 7.80. The lowest BCUT2D eigenvalue weighted by Crippen LogP contribution is -2.33. The summed E-state index contributed by atoms with van der Waals surface area (Å²) in [6, 6.07) is 3.48. The van der Waals surface area contributed by atoms with Crippen LogP contribution in [-0.2, 0) is 0 Å². The topological polar surface area (TPSA) is 90.9 Å². The Bertz CT molecular complexity index is 428. The SMILES string of the molecule is NC(=S)NN=Cc1cc(F)ccc1B(O)O. The first-order chi connectivity index (χ1) is 7.50. The molecule has 0 aromatic heterocycles. The Morgan fingerprint density at radius 3 is 2.81 bits per heavy atom. The van der Waals surface area contributed by atoms with Gasteiger partial charge in [0.05, 0.1) is 6.21 Å². The molecule has 0 saturated carbocycles. The highest BCUT2D eigenvalue weighted by atomic mass is 32.1. The first kappa shape index (κ1) is 12.6. The second-order valence-electron chi connectivity index (χ2n) is 2.88. The van der Waals surface area contributed by atoms with Crippen molar-refractivity contribution in [3.63, 3.8) is 0 Å². The number of nitrogens with zero attached hydrogens (tertiary/aromatic N) is 1. The minimum atomic E-state index is -1.70. The van der Waals surface area contributed by atoms with E-state index in [0.717, 1.165) is 12.1 Å². The number of rotatable bonds is 3. The molecule has 0 aliphatic heterocycles. The van der Waals surface area contributed by atoms with E-state index in [0.29, 0.717) is 0 Å². The quantitative estimate of drug-likeness (QED) is 0.228. The summed E-state index contributed by atoms with van der Waals surface area (Å²) < 4.78 is 12.9. The van der Waals surface area contributed by atoms with Gasteiger partial charge in [0.1, 0.15) is 5.82 Å². The molecule has 0 heterocycles. The van der Waals surface area contributed by atoms with Crippen LogP contribution in [0.5, 0.6) is 0 Å². The van der Waals surface area contributed by atoms with E-state index >= 15 is 0 Å². The van der Waals surface area contributed by atoms with Crippen LogP contribution in [0.3, 0.4) is 0 Å². The zero-order chi connectivity index (χ0) is 12.1. The minimum Gasteiger partial charge on any atom is -0.423 e. The van der Waals surface area contributed by atoms with Crippen LogP contribution >= 0.6 is 12.2 Å². The van der Waals surface area contributed by atoms with E-state index in [1.807, 2.05) is 0 Å². The molecule has 0 radical (unpaired) electrons. The fourth-order valence-electron chi connectivity index (χ4n) is 1.06. The van der Waals surface area contributed by atoms with Gasteiger partial charge in [-0.05, 0) is 35.4 Å². The zero-order valence-electron chi connectivity index (χ0n) is 8.09. The highest BCUT2D eigenvalue weighted by Gasteiger charge is 2.15. The first-order valence-corrected chi connectivity index (χ1v) is 4.65. The van der Waals surface area contributed by atoms with E-state index in [1.54, 1.807) is 0 Å². The monoisotopic (exact) mass is 241 g/mol. The maximum atomic E-state index is 12.9. The van der Waals surface area contributed by atoms with E-state index < -0.39 is 12.9 Å². The average Bonchev–Trinajstić information content (AvgIpc) is 2.16. The van der Waals surface area contributed by atoms with Crippen LogP contribution in [0.15, 0.2) is 23.3 Å². The summed E-state index contributed by atoms with van der Waals surface area (Å²) in [5.41, 5.74) is 7.75. The molecule has 0 spiro atoms. The van der Waals surface area contributed by atoms with Crippen LogP contribution in [0.25, 0.3) is 0 Å². The van der Waals surface area contributed by atoms with E-state index in [2.05, 4.69) is 22.7 Å². The third kappa shape index (κ3) is 3.57. The number of hydrogen-bond acceptors (Lipinski definition) is 4. The predicted molar refractivity (Wildman–Crippen MR) is 63.7 cm³/mol. The Balaban J connectivity index is 2.96. The van der Waals surface area contributed by atoms with Crippen molar-refractivity contribution in [2.45, 2.75) is 0 Å². The molecular formula is C8H9BFN3O2S. The number of thiocarbonyl (C=S) groups is 1. The van der Waals surface area contributed by atoms with Gasteiger partial charge in [-0.25, -0.2) is 4.39 Å². The molecule has 0 aliphatic carbocycles. The third-order valence-corrected chi connectivity index (χ3v) is 1.80. The van der Waals surface area contributed by atoms with Crippen LogP contribution in [-0.4, -0.2) is 28.5 Å². The lowest BCUT2D eigenvalue weighted by molar-refractivity contribution is 0.425. The van der Waals surface area contributed by atoms with Gasteiger partial charge >= 0.3 is 7.12 Å². The van der Waals surface area contributed by atoms with E-state index in [4.69, 9.17) is 15.8 Å². The molecule has 0 amide bonds. The van der Waals surface area contributed by atoms with Crippen molar-refractivity contribution >= 4 is 36.1 Å². The van der Waals surface area contributed by atoms with Crippen LogP contribution in [0.1, 0.15) is 5.56 Å². The van der Waals surface area contributed by atoms with E-state index in [1.165, 1.54) is 12.3 Å². The van der Waals surface area contributed by atoms with E-state index in [9.17, 15) is 4.39 Å². The van der Waals surface area contributed by atoms with Crippen LogP contribution in [0.2, 0.25) is 0 Å². The van der Waals surface area contributed by atoms with Gasteiger partial charge in [0.15, 0.2) is 5.11 Å². The molecule has 0 bridgehead atoms. The fraction of sp³-hybridized carbons (Fsp3) is 0. The van der Waals surface area contributed by atoms with Crippen molar-refractivity contribution in [3.05, 3.63) is 29.6 Å². The Morgan fingerprint density at radius 2 is 2.25 bits per heavy atom. The van der Waals surface area contributed by atoms with Gasteiger partial charge in [0, 0.05) is 0 Å². The lowest BCUT2D eigenvalue weighted by Gasteiger charge is -2.04. The summed E-state index contributed by atoms with van der Waals surface area (Å²) in [5, 5.41) is 21.6. The van der Waals surface area contributed by atoms with Gasteiger partial charge in [-0.1, -0.05) is 6.07 Å². The first-order valence-electron chi connectivity index (χ1n) is 4.25. The number of halogens is 1. The molecule has 0 saturated heterocycles. The maximum absolute atomic E-state index is 12.9. The molecule has 1 aromatic rings. The Kier molecular flexibility index (Phi) is 4.35. The fourth-order valence-corrected chi connectivity index (χ4v) is 1.11. The average molecular weight is 241 g/mol. The predicted octanol–water partition coefficient (Wildman–Crippen LogP) is -1.33. The Hall–Kier alpha value is -1.51. The van der Waals surface area contributed by atoms with Crippen LogP contribution < -0.4 is 16.6 Å². The largest absolute Gasteiger partial charge is 0.489 e. The number of benzene rings is 1. The molecule has 8 heteroatoms. The highest BCUT2D eigenvalue weighted by Crippen LogP contribution is 1.99. The summed E-state index contributed by atoms with van der Waals surface area (Å²) in [5.74, 6) is -0.513. The molecule has 0 unspecified atom stereocenters. The molecule has 1 rings (SSSR count). The normalized spacial score (nSPS) is 10.4. The van der Waals surface area contributed by atoms with Gasteiger partial charge in [0.25, 0.3) is 0 Å². The summed E-state index contributed by atoms with van der Waals surface area (Å²) in [4.78, 5) is 0. The van der Waals surface area contributed by atoms with E-state index in [-0.39, 0.29) is 16.1 Å². The third-order valence-electron chi connectivity index (χ3n) is 1.71. The standard InChI is InChI=1S/C8H9BFN3O2S/c10-6-1-2-7(9(14)15)5(3-6)4-12-13-8(11)16/h1-4,14-15H,(H3,11,13,16). The molecule has 5 N–H and O–H groups in total. The number of hydrogen-bond donors (Lipinski definition) is 4. The van der Waals surface area contributed by atoms with Crippen LogP contribution in [0, 0.1) is 5.82 Å². The van der Waals surface area contributed by atoms with Crippen molar-refractivity contribution in [1.82, 2.24) is 5.43 Å². The molecule has 0 atom stereocenters. The summed E-state index contributed by atoms with van der Waals surface area (Å²) in [6.07, 6.45) is 1.19. The van der Waals surface area contributed by atoms with Gasteiger partial charge in [-0.3, -0.25) is 5.43 Å². The second-order valence-corrected chi connectivity index (χ2v) is 3.32. The Labute approximate surface area is 96.9 Å². The molecular weight excluding hydrogens is 232 g/mol. The van der Waals surface area contributed by atoms with Crippen molar-refractivity contribution in [2.75, 3.05) is 0 Å². The van der Waals surface area contributed by atoms with Crippen molar-refractivity contribution in [1.29, 1.82) is 0 Å². The molecule has 0 aliphatic rings. The second kappa shape index (κ2) is 5.54. The zero-order valence-corrected chi connectivity index (χ0v) is 8.91. The Morgan fingerprint density at radius 1 is 1.56 bits per heavy atom. The smallest absolute Gasteiger partial charge is 0.423 e. The lowest BCUT2D eigenvalue weighted by atomic mass is 9.77. The van der Waals surface area contributed by atoms with Crippen molar-refractivity contribution in [2.24, 2.45) is 10.8 Å². The number of nitrogens with one attached hydrogen (secondary N) is 1. The summed E-state index contributed by atoms with van der Waals surface area (Å²) in [7, 11) is -1.70. The molecule has 84 valence electrons. The van der Waals surface area contributed by atoms with Gasteiger partial charge in [-0.15, -0.1) is 0 Å². The molecule has 1 aromatic carbocycles. The van der Waals surface area contributed by atoms with Crippen LogP contribution in [0.4, 0.5) is 4.39 Å². The summed E-state index contributed by atoms with van der Waals surface area (Å²) in [6.45, 7) is 0. The maximum Gasteiger partial charge on any atom is 0.489 e. The van der Waals surface area contributed by atoms with Crippen molar-refractivity contribution < 1.29 is 14.4 Å². The van der Waals surface area contributed by atoms with Gasteiger partial charge < -0.3 is 15.8 Å². The number of nitrogens with two attached hydrogens (primary N) is 1. The molecule has 0 fully saturated rings. The van der Waals surface area contributed by atoms with Gasteiger partial charge in [0.2, 0.25) is 0 Å². The summed E-state index contributed by atoms with van der Waals surface area (Å²) >= 11 is 4.50. The van der Waals surface area contributed by atoms with Gasteiger partial charge in [-0.2, -0.15) is 5.10 Å². The number of hydrazone groups is 1. The minimum absolute atomic E-state index is 0.0428.